The lowest BCUT2D eigenvalue weighted by atomic mass is 10.2. The lowest BCUT2D eigenvalue weighted by Crippen LogP contribution is -2.45. The van der Waals surface area contributed by atoms with Gasteiger partial charge in [0.15, 0.2) is 0 Å². The molecule has 0 fully saturated rings. The molecule has 0 saturated heterocycles. The van der Waals surface area contributed by atoms with Crippen LogP contribution in [0.15, 0.2) is 28.7 Å². The van der Waals surface area contributed by atoms with Gasteiger partial charge in [-0.2, -0.15) is 0 Å². The number of nitrogens with one attached hydrogen (secondary N) is 2. The molecule has 0 aromatic heterocycles. The molecule has 1 atom stereocenters. The van der Waals surface area contributed by atoms with Crippen molar-refractivity contribution in [2.75, 3.05) is 5.32 Å². The van der Waals surface area contributed by atoms with Crippen LogP contribution in [0, 0.1) is 0 Å². The zero-order chi connectivity index (χ0) is 14.4. The minimum Gasteiger partial charge on any atom is -0.480 e. The molecular weight excluding hydrogens is 318 g/mol. The van der Waals surface area contributed by atoms with Gasteiger partial charge >= 0.3 is 12.0 Å². The topological polar surface area (TPSA) is 122 Å². The Balaban J connectivity index is 2.65. The lowest BCUT2D eigenvalue weighted by Gasteiger charge is -2.14. The van der Waals surface area contributed by atoms with Crippen LogP contribution in [0.2, 0.25) is 0 Å². The SMILES string of the molecule is NC(=O)CC(NC(=O)Nc1ccccc1Br)C(=O)O. The largest absolute Gasteiger partial charge is 0.480 e. The molecule has 19 heavy (non-hydrogen) atoms. The first-order valence-electron chi connectivity index (χ1n) is 5.23. The monoisotopic (exact) mass is 329 g/mol. The van der Waals surface area contributed by atoms with Crippen molar-refractivity contribution < 1.29 is 19.5 Å². The average Bonchev–Trinajstić information content (AvgIpc) is 2.30. The zero-order valence-electron chi connectivity index (χ0n) is 9.72. The van der Waals surface area contributed by atoms with E-state index in [4.69, 9.17) is 10.8 Å². The van der Waals surface area contributed by atoms with Crippen molar-refractivity contribution in [3.63, 3.8) is 0 Å². The molecule has 0 aliphatic heterocycles. The molecule has 0 radical (unpaired) electrons. The van der Waals surface area contributed by atoms with Crippen LogP contribution in [0.5, 0.6) is 0 Å². The van der Waals surface area contributed by atoms with E-state index in [1.54, 1.807) is 24.3 Å². The third kappa shape index (κ3) is 4.96. The molecular formula is C11H12BrN3O4. The Kier molecular flexibility index (Phi) is 5.31. The maximum Gasteiger partial charge on any atom is 0.326 e. The molecule has 1 aromatic rings. The van der Waals surface area contributed by atoms with Crippen LogP contribution in [-0.4, -0.2) is 29.1 Å². The minimum atomic E-state index is -1.36. The fourth-order valence-electron chi connectivity index (χ4n) is 1.28. The fourth-order valence-corrected chi connectivity index (χ4v) is 1.66. The number of amides is 3. The van der Waals surface area contributed by atoms with Crippen molar-refractivity contribution in [2.45, 2.75) is 12.5 Å². The molecule has 0 bridgehead atoms. The highest BCUT2D eigenvalue weighted by molar-refractivity contribution is 9.10. The van der Waals surface area contributed by atoms with Gasteiger partial charge in [-0.15, -0.1) is 0 Å². The average molecular weight is 330 g/mol. The number of carboxylic acid groups (broad SMARTS) is 1. The number of anilines is 1. The van der Waals surface area contributed by atoms with Crippen LogP contribution in [0.1, 0.15) is 6.42 Å². The molecule has 3 amide bonds. The Labute approximate surface area is 117 Å². The first kappa shape index (κ1) is 15.0. The van der Waals surface area contributed by atoms with E-state index in [9.17, 15) is 14.4 Å². The Bertz CT molecular complexity index is 506. The zero-order valence-corrected chi connectivity index (χ0v) is 11.3. The van der Waals surface area contributed by atoms with Crippen molar-refractivity contribution in [3.05, 3.63) is 28.7 Å². The van der Waals surface area contributed by atoms with Crippen LogP contribution >= 0.6 is 15.9 Å². The Hall–Kier alpha value is -2.09. The van der Waals surface area contributed by atoms with Gasteiger partial charge in [0.25, 0.3) is 0 Å². The number of hydrogen-bond acceptors (Lipinski definition) is 3. The van der Waals surface area contributed by atoms with Gasteiger partial charge in [0.2, 0.25) is 5.91 Å². The summed E-state index contributed by atoms with van der Waals surface area (Å²) < 4.78 is 0.645. The standard InChI is InChI=1S/C11H12BrN3O4/c12-6-3-1-2-4-7(6)14-11(19)15-8(10(17)18)5-9(13)16/h1-4,8H,5H2,(H2,13,16)(H,17,18)(H2,14,15,19). The minimum absolute atomic E-state index is 0.473. The van der Waals surface area contributed by atoms with Gasteiger partial charge in [0.1, 0.15) is 6.04 Å². The molecule has 1 aromatic carbocycles. The summed E-state index contributed by atoms with van der Waals surface area (Å²) in [5, 5.41) is 13.4. The number of carbonyl (C=O) groups excluding carboxylic acids is 2. The Morgan fingerprint density at radius 1 is 1.32 bits per heavy atom. The third-order valence-corrected chi connectivity index (χ3v) is 2.82. The van der Waals surface area contributed by atoms with E-state index in [1.807, 2.05) is 0 Å². The van der Waals surface area contributed by atoms with E-state index in [0.29, 0.717) is 10.2 Å². The first-order chi connectivity index (χ1) is 8.90. The van der Waals surface area contributed by atoms with Gasteiger partial charge in [-0.05, 0) is 28.1 Å². The molecule has 0 aliphatic carbocycles. The lowest BCUT2D eigenvalue weighted by molar-refractivity contribution is -0.140. The number of carbonyl (C=O) groups is 3. The Morgan fingerprint density at radius 3 is 2.47 bits per heavy atom. The van der Waals surface area contributed by atoms with E-state index >= 15 is 0 Å². The third-order valence-electron chi connectivity index (χ3n) is 2.13. The number of rotatable bonds is 5. The Morgan fingerprint density at radius 2 is 1.95 bits per heavy atom. The predicted octanol–water partition coefficient (Wildman–Crippen LogP) is 0.899. The van der Waals surface area contributed by atoms with Crippen molar-refractivity contribution >= 4 is 39.5 Å². The number of para-hydroxylation sites is 1. The highest BCUT2D eigenvalue weighted by Gasteiger charge is 2.22. The number of carboxylic acids is 1. The van der Waals surface area contributed by atoms with E-state index in [-0.39, 0.29) is 0 Å². The maximum absolute atomic E-state index is 11.6. The molecule has 0 aliphatic rings. The number of halogens is 1. The summed E-state index contributed by atoms with van der Waals surface area (Å²) >= 11 is 3.23. The smallest absolute Gasteiger partial charge is 0.326 e. The summed E-state index contributed by atoms with van der Waals surface area (Å²) in [6.45, 7) is 0. The predicted molar refractivity (Wildman–Crippen MR) is 71.5 cm³/mol. The summed E-state index contributed by atoms with van der Waals surface area (Å²) in [6.07, 6.45) is -0.473. The second-order valence-electron chi connectivity index (χ2n) is 3.64. The number of aliphatic carboxylic acids is 1. The maximum atomic E-state index is 11.6. The van der Waals surface area contributed by atoms with Crippen molar-refractivity contribution in [3.8, 4) is 0 Å². The van der Waals surface area contributed by atoms with Gasteiger partial charge in [0, 0.05) is 4.47 Å². The molecule has 0 heterocycles. The van der Waals surface area contributed by atoms with E-state index < -0.39 is 30.4 Å². The highest BCUT2D eigenvalue weighted by atomic mass is 79.9. The molecule has 0 spiro atoms. The fraction of sp³-hybridized carbons (Fsp3) is 0.182. The van der Waals surface area contributed by atoms with Gasteiger partial charge < -0.3 is 21.5 Å². The second kappa shape index (κ2) is 6.74. The molecule has 1 rings (SSSR count). The number of hydrogen-bond donors (Lipinski definition) is 4. The summed E-state index contributed by atoms with van der Waals surface area (Å²) in [5.74, 6) is -2.14. The van der Waals surface area contributed by atoms with Crippen LogP contribution in [-0.2, 0) is 9.59 Å². The summed E-state index contributed by atoms with van der Waals surface area (Å²) in [7, 11) is 0. The normalized spacial score (nSPS) is 11.4. The molecule has 0 saturated carbocycles. The van der Waals surface area contributed by atoms with E-state index in [2.05, 4.69) is 26.6 Å². The summed E-state index contributed by atoms with van der Waals surface area (Å²) in [5.41, 5.74) is 5.38. The number of benzene rings is 1. The van der Waals surface area contributed by atoms with Crippen molar-refractivity contribution in [1.82, 2.24) is 5.32 Å². The van der Waals surface area contributed by atoms with Gasteiger partial charge in [-0.25, -0.2) is 9.59 Å². The summed E-state index contributed by atoms with van der Waals surface area (Å²) in [4.78, 5) is 33.1. The van der Waals surface area contributed by atoms with Crippen LogP contribution in [0.4, 0.5) is 10.5 Å². The van der Waals surface area contributed by atoms with Gasteiger partial charge in [0.05, 0.1) is 12.1 Å². The van der Waals surface area contributed by atoms with Crippen LogP contribution < -0.4 is 16.4 Å². The van der Waals surface area contributed by atoms with Gasteiger partial charge in [-0.3, -0.25) is 4.79 Å². The number of urea groups is 1. The van der Waals surface area contributed by atoms with E-state index in [0.717, 1.165) is 0 Å². The quantitative estimate of drug-likeness (QED) is 0.641. The van der Waals surface area contributed by atoms with Crippen LogP contribution in [0.3, 0.4) is 0 Å². The summed E-state index contributed by atoms with van der Waals surface area (Å²) in [6, 6.07) is 4.72. The first-order valence-corrected chi connectivity index (χ1v) is 6.02. The molecule has 1 unspecified atom stereocenters. The number of nitrogens with two attached hydrogens (primary N) is 1. The highest BCUT2D eigenvalue weighted by Crippen LogP contribution is 2.20. The molecule has 5 N–H and O–H groups in total. The van der Waals surface area contributed by atoms with Crippen molar-refractivity contribution in [1.29, 1.82) is 0 Å². The second-order valence-corrected chi connectivity index (χ2v) is 4.49. The molecule has 7 nitrogen and oxygen atoms in total. The molecule has 8 heteroatoms. The van der Waals surface area contributed by atoms with Gasteiger partial charge in [-0.1, -0.05) is 12.1 Å². The van der Waals surface area contributed by atoms with Crippen molar-refractivity contribution in [2.24, 2.45) is 5.73 Å². The number of primary amides is 1. The van der Waals surface area contributed by atoms with E-state index in [1.165, 1.54) is 0 Å². The molecule has 102 valence electrons. The van der Waals surface area contributed by atoms with Crippen LogP contribution in [0.25, 0.3) is 0 Å².